The van der Waals surface area contributed by atoms with Crippen molar-refractivity contribution < 1.29 is 19.1 Å². The van der Waals surface area contributed by atoms with Gasteiger partial charge in [0.05, 0.1) is 14.2 Å². The average Bonchev–Trinajstić information content (AvgIpc) is 3.01. The Labute approximate surface area is 164 Å². The quantitative estimate of drug-likeness (QED) is 0.607. The van der Waals surface area contributed by atoms with E-state index in [1.807, 2.05) is 38.1 Å². The zero-order valence-corrected chi connectivity index (χ0v) is 17.4. The van der Waals surface area contributed by atoms with Crippen molar-refractivity contribution in [3.8, 4) is 11.5 Å². The number of ether oxygens (including phenoxy) is 2. The van der Waals surface area contributed by atoms with Crippen LogP contribution in [0.1, 0.15) is 38.5 Å². The number of likely N-dealkylation sites (N-methyl/N-ethyl adjacent to an activating group) is 1. The van der Waals surface area contributed by atoms with Gasteiger partial charge in [0.2, 0.25) is 5.91 Å². The Hall–Kier alpha value is -2.34. The predicted molar refractivity (Wildman–Crippen MR) is 108 cm³/mol. The number of methoxy groups -OCH3 is 2. The predicted octanol–water partition coefficient (Wildman–Crippen LogP) is 4.05. The van der Waals surface area contributed by atoms with Gasteiger partial charge in [-0.15, -0.1) is 11.3 Å². The number of hydrogen-bond donors (Lipinski definition) is 0. The highest BCUT2D eigenvalue weighted by Gasteiger charge is 2.16. The lowest BCUT2D eigenvalue weighted by atomic mass is 10.1. The molecular weight excluding hydrogens is 362 g/mol. The summed E-state index contributed by atoms with van der Waals surface area (Å²) in [6.45, 7) is 4.52. The lowest BCUT2D eigenvalue weighted by molar-refractivity contribution is -0.129. The highest BCUT2D eigenvalue weighted by molar-refractivity contribution is 7.12. The molecule has 0 saturated heterocycles. The molecule has 1 amide bonds. The van der Waals surface area contributed by atoms with E-state index in [4.69, 9.17) is 9.47 Å². The van der Waals surface area contributed by atoms with Gasteiger partial charge in [-0.25, -0.2) is 0 Å². The van der Waals surface area contributed by atoms with E-state index in [1.165, 1.54) is 0 Å². The summed E-state index contributed by atoms with van der Waals surface area (Å²) in [5.74, 6) is 1.38. The molecule has 1 aromatic carbocycles. The summed E-state index contributed by atoms with van der Waals surface area (Å²) >= 11 is 1.61. The molecule has 0 atom stereocenters. The molecule has 0 fully saturated rings. The maximum absolute atomic E-state index is 12.3. The fourth-order valence-corrected chi connectivity index (χ4v) is 3.85. The largest absolute Gasteiger partial charge is 0.493 e. The summed E-state index contributed by atoms with van der Waals surface area (Å²) in [5, 5.41) is 0. The van der Waals surface area contributed by atoms with Crippen LogP contribution in [-0.4, -0.2) is 44.4 Å². The Morgan fingerprint density at radius 2 is 1.74 bits per heavy atom. The molecule has 0 bridgehead atoms. The first-order valence-electron chi connectivity index (χ1n) is 8.90. The van der Waals surface area contributed by atoms with Crippen LogP contribution in [0, 0.1) is 13.8 Å². The normalized spacial score (nSPS) is 10.6. The second kappa shape index (κ2) is 9.55. The van der Waals surface area contributed by atoms with Crippen molar-refractivity contribution in [2.45, 2.75) is 33.1 Å². The van der Waals surface area contributed by atoms with Gasteiger partial charge in [-0.3, -0.25) is 9.59 Å². The molecule has 5 nitrogen and oxygen atoms in total. The Kier molecular flexibility index (Phi) is 7.42. The minimum atomic E-state index is -0.0200. The van der Waals surface area contributed by atoms with Crippen molar-refractivity contribution in [2.75, 3.05) is 27.8 Å². The summed E-state index contributed by atoms with van der Waals surface area (Å²) in [6, 6.07) is 7.65. The van der Waals surface area contributed by atoms with E-state index in [-0.39, 0.29) is 24.5 Å². The van der Waals surface area contributed by atoms with E-state index in [2.05, 4.69) is 0 Å². The van der Waals surface area contributed by atoms with Crippen LogP contribution >= 0.6 is 11.3 Å². The Morgan fingerprint density at radius 3 is 2.33 bits per heavy atom. The van der Waals surface area contributed by atoms with Crippen LogP contribution in [0.25, 0.3) is 0 Å². The maximum atomic E-state index is 12.3. The number of carbonyl (C=O) groups is 2. The van der Waals surface area contributed by atoms with E-state index in [1.54, 1.807) is 37.5 Å². The van der Waals surface area contributed by atoms with Crippen molar-refractivity contribution in [3.05, 3.63) is 45.1 Å². The first-order valence-corrected chi connectivity index (χ1v) is 9.72. The molecule has 1 heterocycles. The van der Waals surface area contributed by atoms with Crippen LogP contribution in [0.4, 0.5) is 0 Å². The van der Waals surface area contributed by atoms with Gasteiger partial charge in [-0.1, -0.05) is 6.07 Å². The van der Waals surface area contributed by atoms with Crippen LogP contribution in [-0.2, 0) is 11.2 Å². The summed E-state index contributed by atoms with van der Waals surface area (Å²) in [4.78, 5) is 28.5. The molecule has 0 aliphatic heterocycles. The molecule has 0 aliphatic carbocycles. The number of rotatable bonds is 9. The van der Waals surface area contributed by atoms with Crippen LogP contribution < -0.4 is 9.47 Å². The monoisotopic (exact) mass is 389 g/mol. The van der Waals surface area contributed by atoms with Gasteiger partial charge in [-0.2, -0.15) is 0 Å². The number of nitrogens with zero attached hydrogens (tertiary/aromatic N) is 1. The topological polar surface area (TPSA) is 55.8 Å². The van der Waals surface area contributed by atoms with E-state index in [0.29, 0.717) is 24.5 Å². The molecule has 146 valence electrons. The van der Waals surface area contributed by atoms with Crippen molar-refractivity contribution >= 4 is 23.0 Å². The summed E-state index contributed by atoms with van der Waals surface area (Å²) in [7, 11) is 4.97. The summed E-state index contributed by atoms with van der Waals surface area (Å²) < 4.78 is 10.5. The highest BCUT2D eigenvalue weighted by Crippen LogP contribution is 2.27. The number of ketones is 1. The lowest BCUT2D eigenvalue weighted by Crippen LogP contribution is -2.29. The molecule has 0 spiro atoms. The van der Waals surface area contributed by atoms with Gasteiger partial charge < -0.3 is 14.4 Å². The molecule has 2 aromatic rings. The van der Waals surface area contributed by atoms with E-state index in [9.17, 15) is 9.59 Å². The standard InChI is InChI=1S/C21H27NO4S/c1-14-12-17(15(2)27-14)18(23)7-9-21(24)22(3)11-10-16-6-8-19(25-4)20(13-16)26-5/h6,8,12-13H,7,9-11H2,1-5H3. The zero-order valence-electron chi connectivity index (χ0n) is 16.6. The Bertz CT molecular complexity index is 813. The number of amides is 1. The second-order valence-corrected chi connectivity index (χ2v) is 7.97. The van der Waals surface area contributed by atoms with Gasteiger partial charge in [0.25, 0.3) is 0 Å². The average molecular weight is 390 g/mol. The number of benzene rings is 1. The molecule has 2 rings (SSSR count). The van der Waals surface area contributed by atoms with Gasteiger partial charge in [0.1, 0.15) is 0 Å². The first-order chi connectivity index (χ1) is 12.8. The first kappa shape index (κ1) is 21.0. The maximum Gasteiger partial charge on any atom is 0.222 e. The number of aryl methyl sites for hydroxylation is 2. The van der Waals surface area contributed by atoms with Gasteiger partial charge in [0.15, 0.2) is 17.3 Å². The molecule has 1 aromatic heterocycles. The summed E-state index contributed by atoms with van der Waals surface area (Å²) in [6.07, 6.45) is 1.19. The number of Topliss-reactive ketones (excluding diaryl/α,β-unsaturated/α-hetero) is 1. The molecular formula is C21H27NO4S. The Balaban J connectivity index is 1.85. The van der Waals surface area contributed by atoms with Gasteiger partial charge in [0, 0.05) is 41.8 Å². The van der Waals surface area contributed by atoms with Crippen molar-refractivity contribution in [3.63, 3.8) is 0 Å². The van der Waals surface area contributed by atoms with Crippen molar-refractivity contribution in [1.29, 1.82) is 0 Å². The molecule has 27 heavy (non-hydrogen) atoms. The molecule has 0 aliphatic rings. The number of carbonyl (C=O) groups excluding carboxylic acids is 2. The van der Waals surface area contributed by atoms with Gasteiger partial charge in [-0.05, 0) is 44.0 Å². The third-order valence-electron chi connectivity index (χ3n) is 4.52. The zero-order chi connectivity index (χ0) is 20.0. The minimum Gasteiger partial charge on any atom is -0.493 e. The molecule has 0 radical (unpaired) electrons. The fraction of sp³-hybridized carbons (Fsp3) is 0.429. The van der Waals surface area contributed by atoms with E-state index >= 15 is 0 Å². The van der Waals surface area contributed by atoms with Crippen molar-refractivity contribution in [2.24, 2.45) is 0 Å². The third kappa shape index (κ3) is 5.57. The molecule has 0 unspecified atom stereocenters. The third-order valence-corrected chi connectivity index (χ3v) is 5.48. The van der Waals surface area contributed by atoms with Crippen LogP contribution in [0.5, 0.6) is 11.5 Å². The molecule has 0 N–H and O–H groups in total. The van der Waals surface area contributed by atoms with E-state index < -0.39 is 0 Å². The second-order valence-electron chi connectivity index (χ2n) is 6.50. The SMILES string of the molecule is COc1ccc(CCN(C)C(=O)CCC(=O)c2cc(C)sc2C)cc1OC. The lowest BCUT2D eigenvalue weighted by Gasteiger charge is -2.17. The van der Waals surface area contributed by atoms with Crippen LogP contribution in [0.2, 0.25) is 0 Å². The Morgan fingerprint density at radius 1 is 1.04 bits per heavy atom. The van der Waals surface area contributed by atoms with Crippen molar-refractivity contribution in [1.82, 2.24) is 4.90 Å². The number of thiophene rings is 1. The summed E-state index contributed by atoms with van der Waals surface area (Å²) in [5.41, 5.74) is 1.81. The van der Waals surface area contributed by atoms with Crippen LogP contribution in [0.15, 0.2) is 24.3 Å². The van der Waals surface area contributed by atoms with E-state index in [0.717, 1.165) is 20.9 Å². The molecule has 6 heteroatoms. The highest BCUT2D eigenvalue weighted by atomic mass is 32.1. The van der Waals surface area contributed by atoms with Crippen LogP contribution in [0.3, 0.4) is 0 Å². The molecule has 0 saturated carbocycles. The fourth-order valence-electron chi connectivity index (χ4n) is 2.91. The minimum absolute atomic E-state index is 0.0200. The smallest absolute Gasteiger partial charge is 0.222 e. The number of hydrogen-bond acceptors (Lipinski definition) is 5. The van der Waals surface area contributed by atoms with Gasteiger partial charge >= 0.3 is 0 Å².